The molecule has 0 radical (unpaired) electrons. The largest absolute Gasteiger partial charge is 0.353 e. The number of thiophene rings is 1. The van der Waals surface area contributed by atoms with Crippen molar-refractivity contribution in [2.24, 2.45) is 0 Å². The summed E-state index contributed by atoms with van der Waals surface area (Å²) in [4.78, 5) is 11.6. The summed E-state index contributed by atoms with van der Waals surface area (Å²) in [5, 5.41) is 11.1. The minimum absolute atomic E-state index is 0.182. The van der Waals surface area contributed by atoms with E-state index < -0.39 is 10.0 Å². The van der Waals surface area contributed by atoms with Crippen LogP contribution in [0.1, 0.15) is 0 Å². The van der Waals surface area contributed by atoms with Gasteiger partial charge in [-0.1, -0.05) is 0 Å². The second-order valence-corrected chi connectivity index (χ2v) is 7.71. The van der Waals surface area contributed by atoms with Crippen molar-refractivity contribution in [2.75, 3.05) is 26.4 Å². The van der Waals surface area contributed by atoms with Crippen molar-refractivity contribution in [2.45, 2.75) is 6.54 Å². The summed E-state index contributed by atoms with van der Waals surface area (Å²) in [6, 6.07) is 3.92. The van der Waals surface area contributed by atoms with Gasteiger partial charge in [0.25, 0.3) is 0 Å². The van der Waals surface area contributed by atoms with E-state index >= 15 is 0 Å². The summed E-state index contributed by atoms with van der Waals surface area (Å²) in [5.74, 6) is -0.335. The van der Waals surface area contributed by atoms with Crippen LogP contribution >= 0.6 is 11.3 Å². The van der Waals surface area contributed by atoms with Crippen molar-refractivity contribution in [1.29, 1.82) is 0 Å². The van der Waals surface area contributed by atoms with Gasteiger partial charge in [-0.05, 0) is 17.5 Å². The van der Waals surface area contributed by atoms with E-state index in [0.717, 1.165) is 21.8 Å². The number of sulfonamides is 1. The van der Waals surface area contributed by atoms with E-state index in [4.69, 9.17) is 0 Å². The van der Waals surface area contributed by atoms with Gasteiger partial charge in [0, 0.05) is 30.7 Å². The molecule has 0 spiro atoms. The Labute approximate surface area is 133 Å². The third-order valence-corrected chi connectivity index (χ3v) is 5.00. The zero-order valence-corrected chi connectivity index (χ0v) is 14.0. The van der Waals surface area contributed by atoms with E-state index in [0.29, 0.717) is 13.1 Å². The van der Waals surface area contributed by atoms with Crippen LogP contribution in [0.3, 0.4) is 0 Å². The molecule has 2 heterocycles. The number of nitrogens with zero attached hydrogens (tertiary/aromatic N) is 3. The van der Waals surface area contributed by atoms with Gasteiger partial charge >= 0.3 is 0 Å². The summed E-state index contributed by atoms with van der Waals surface area (Å²) in [5.41, 5.74) is 1.96. The number of aromatic nitrogens is 2. The van der Waals surface area contributed by atoms with Gasteiger partial charge < -0.3 is 5.32 Å². The number of hydrogen-bond donors (Lipinski definition) is 1. The molecule has 0 bridgehead atoms. The van der Waals surface area contributed by atoms with Gasteiger partial charge in [0.15, 0.2) is 0 Å². The Morgan fingerprint density at radius 3 is 2.86 bits per heavy atom. The van der Waals surface area contributed by atoms with E-state index in [-0.39, 0.29) is 12.5 Å². The molecule has 9 heteroatoms. The molecule has 2 rings (SSSR count). The normalized spacial score (nSPS) is 11.8. The molecule has 7 nitrogen and oxygen atoms in total. The van der Waals surface area contributed by atoms with Gasteiger partial charge in [-0.15, -0.1) is 0 Å². The highest BCUT2D eigenvalue weighted by molar-refractivity contribution is 7.88. The predicted molar refractivity (Wildman–Crippen MR) is 86.0 cm³/mol. The zero-order chi connectivity index (χ0) is 16.2. The molecule has 0 saturated heterocycles. The Morgan fingerprint density at radius 2 is 2.23 bits per heavy atom. The van der Waals surface area contributed by atoms with Gasteiger partial charge in [0.05, 0.1) is 25.0 Å². The standard InChI is InChI=1S/C13H18N4O3S2/c1-16(22(2,19)20)9-13(18)14-5-7-17-6-3-12(15-17)11-4-8-21-10-11/h3-4,6,8,10H,5,7,9H2,1-2H3,(H,14,18). The van der Waals surface area contributed by atoms with Crippen molar-refractivity contribution in [3.63, 3.8) is 0 Å². The topological polar surface area (TPSA) is 84.3 Å². The molecule has 22 heavy (non-hydrogen) atoms. The van der Waals surface area contributed by atoms with E-state index in [1.54, 1.807) is 16.0 Å². The van der Waals surface area contributed by atoms with Crippen LogP contribution in [0.25, 0.3) is 11.3 Å². The third kappa shape index (κ3) is 4.65. The first-order chi connectivity index (χ1) is 10.4. The maximum absolute atomic E-state index is 11.6. The van der Waals surface area contributed by atoms with E-state index in [9.17, 15) is 13.2 Å². The number of carbonyl (C=O) groups excluding carboxylic acids is 1. The molecule has 0 aliphatic carbocycles. The van der Waals surface area contributed by atoms with Crippen LogP contribution in [0, 0.1) is 0 Å². The SMILES string of the molecule is CN(CC(=O)NCCn1ccc(-c2ccsc2)n1)S(C)(=O)=O. The van der Waals surface area contributed by atoms with E-state index in [2.05, 4.69) is 10.4 Å². The molecule has 2 aromatic heterocycles. The molecule has 0 aliphatic rings. The summed E-state index contributed by atoms with van der Waals surface area (Å²) >= 11 is 1.61. The lowest BCUT2D eigenvalue weighted by Gasteiger charge is -2.13. The molecule has 1 N–H and O–H groups in total. The fraction of sp³-hybridized carbons (Fsp3) is 0.385. The Balaban J connectivity index is 1.78. The molecule has 2 aromatic rings. The first-order valence-electron chi connectivity index (χ1n) is 6.60. The zero-order valence-electron chi connectivity index (χ0n) is 12.4. The highest BCUT2D eigenvalue weighted by Gasteiger charge is 2.14. The minimum atomic E-state index is -3.34. The van der Waals surface area contributed by atoms with Crippen molar-refractivity contribution >= 4 is 27.3 Å². The van der Waals surface area contributed by atoms with Crippen LogP contribution < -0.4 is 5.32 Å². The van der Waals surface area contributed by atoms with E-state index in [1.807, 2.05) is 29.1 Å². The van der Waals surface area contributed by atoms with Gasteiger partial charge in [-0.3, -0.25) is 9.48 Å². The Hall–Kier alpha value is -1.71. The highest BCUT2D eigenvalue weighted by Crippen LogP contribution is 2.19. The molecule has 0 fully saturated rings. The highest BCUT2D eigenvalue weighted by atomic mass is 32.2. The average Bonchev–Trinajstić information content (AvgIpc) is 3.07. The number of amides is 1. The third-order valence-electron chi connectivity index (χ3n) is 3.05. The lowest BCUT2D eigenvalue weighted by Crippen LogP contribution is -2.38. The number of hydrogen-bond acceptors (Lipinski definition) is 5. The summed E-state index contributed by atoms with van der Waals surface area (Å²) in [6.45, 7) is 0.734. The number of likely N-dealkylation sites (N-methyl/N-ethyl adjacent to an activating group) is 1. The fourth-order valence-electron chi connectivity index (χ4n) is 1.74. The van der Waals surface area contributed by atoms with Gasteiger partial charge in [0.1, 0.15) is 0 Å². The van der Waals surface area contributed by atoms with Crippen LogP contribution in [0.15, 0.2) is 29.1 Å². The summed E-state index contributed by atoms with van der Waals surface area (Å²) in [6.07, 6.45) is 2.91. The molecule has 0 unspecified atom stereocenters. The molecular weight excluding hydrogens is 324 g/mol. The lowest BCUT2D eigenvalue weighted by molar-refractivity contribution is -0.121. The summed E-state index contributed by atoms with van der Waals surface area (Å²) in [7, 11) is -1.97. The Morgan fingerprint density at radius 1 is 1.45 bits per heavy atom. The fourth-order valence-corrected chi connectivity index (χ4v) is 2.74. The number of carbonyl (C=O) groups is 1. The second kappa shape index (κ2) is 7.03. The smallest absolute Gasteiger partial charge is 0.235 e. The molecule has 120 valence electrons. The van der Waals surface area contributed by atoms with E-state index in [1.165, 1.54) is 7.05 Å². The molecule has 0 saturated carbocycles. The van der Waals surface area contributed by atoms with Crippen LogP contribution in [0.5, 0.6) is 0 Å². The van der Waals surface area contributed by atoms with Crippen molar-refractivity contribution in [3.05, 3.63) is 29.1 Å². The monoisotopic (exact) mass is 342 g/mol. The minimum Gasteiger partial charge on any atom is -0.353 e. The van der Waals surface area contributed by atoms with Crippen molar-refractivity contribution in [3.8, 4) is 11.3 Å². The van der Waals surface area contributed by atoms with Crippen LogP contribution in [0.2, 0.25) is 0 Å². The number of nitrogens with one attached hydrogen (secondary N) is 1. The molecule has 0 aliphatic heterocycles. The first-order valence-corrected chi connectivity index (χ1v) is 9.39. The quantitative estimate of drug-likeness (QED) is 0.799. The van der Waals surface area contributed by atoms with Gasteiger partial charge in [-0.2, -0.15) is 20.7 Å². The maximum atomic E-state index is 11.6. The van der Waals surface area contributed by atoms with Crippen molar-refractivity contribution in [1.82, 2.24) is 19.4 Å². The lowest BCUT2D eigenvalue weighted by atomic mass is 10.2. The Bertz CT molecular complexity index is 722. The second-order valence-electron chi connectivity index (χ2n) is 4.85. The maximum Gasteiger partial charge on any atom is 0.235 e. The molecule has 0 aromatic carbocycles. The number of rotatable bonds is 7. The molecular formula is C13H18N4O3S2. The molecule has 0 atom stereocenters. The van der Waals surface area contributed by atoms with Crippen LogP contribution in [-0.2, 0) is 21.4 Å². The van der Waals surface area contributed by atoms with Gasteiger partial charge in [0.2, 0.25) is 15.9 Å². The van der Waals surface area contributed by atoms with Gasteiger partial charge in [-0.25, -0.2) is 8.42 Å². The van der Waals surface area contributed by atoms with Crippen LogP contribution in [0.4, 0.5) is 0 Å². The van der Waals surface area contributed by atoms with Crippen LogP contribution in [-0.4, -0.2) is 54.8 Å². The first kappa shape index (κ1) is 16.7. The Kier molecular flexibility index (Phi) is 5.33. The average molecular weight is 342 g/mol. The van der Waals surface area contributed by atoms with Crippen molar-refractivity contribution < 1.29 is 13.2 Å². The molecule has 1 amide bonds. The predicted octanol–water partition coefficient (Wildman–Crippen LogP) is 0.619. The summed E-state index contributed by atoms with van der Waals surface area (Å²) < 4.78 is 25.2.